The Morgan fingerprint density at radius 3 is 2.55 bits per heavy atom. The second-order valence-electron chi connectivity index (χ2n) is 3.73. The van der Waals surface area contributed by atoms with Crippen molar-refractivity contribution in [3.05, 3.63) is 41.7 Å². The number of hydrogen-bond donors (Lipinski definition) is 0. The van der Waals surface area contributed by atoms with Crippen molar-refractivity contribution < 1.29 is 0 Å². The minimum absolute atomic E-state index is 0.232. The maximum absolute atomic E-state index is 3.10. The number of hydrogen-bond acceptors (Lipinski definition) is 0. The summed E-state index contributed by atoms with van der Waals surface area (Å²) < 4.78 is 0. The molecule has 58 valence electrons. The molecule has 0 aromatic carbocycles. The molecule has 0 fully saturated rings. The standard InChI is InChI=1S/C11H14/c1-11(2,3)10-8-6-4-5-7-9-10/h4-6,8-9H,1-3H3. The van der Waals surface area contributed by atoms with Gasteiger partial charge < -0.3 is 0 Å². The van der Waals surface area contributed by atoms with Crippen LogP contribution in [0.1, 0.15) is 20.8 Å². The lowest BCUT2D eigenvalue weighted by Gasteiger charge is -2.18. The van der Waals surface area contributed by atoms with E-state index in [0.717, 1.165) is 0 Å². The molecular formula is C11H14. The zero-order valence-electron chi connectivity index (χ0n) is 7.39. The van der Waals surface area contributed by atoms with Gasteiger partial charge in [0.2, 0.25) is 0 Å². The first kappa shape index (κ1) is 8.10. The van der Waals surface area contributed by atoms with Crippen molar-refractivity contribution in [1.29, 1.82) is 0 Å². The highest BCUT2D eigenvalue weighted by atomic mass is 14.2. The molecule has 0 aromatic rings. The minimum atomic E-state index is 0.232. The molecule has 0 saturated carbocycles. The van der Waals surface area contributed by atoms with Crippen LogP contribution >= 0.6 is 0 Å². The number of rotatable bonds is 0. The molecule has 0 spiro atoms. The predicted octanol–water partition coefficient (Wildman–Crippen LogP) is 3.24. The van der Waals surface area contributed by atoms with Crippen LogP contribution in [0.4, 0.5) is 0 Å². The summed E-state index contributed by atoms with van der Waals surface area (Å²) >= 11 is 0. The molecule has 11 heavy (non-hydrogen) atoms. The van der Waals surface area contributed by atoms with Gasteiger partial charge in [-0.2, -0.15) is 0 Å². The Labute approximate surface area is 68.6 Å². The van der Waals surface area contributed by atoms with Crippen LogP contribution in [0.2, 0.25) is 0 Å². The highest BCUT2D eigenvalue weighted by Crippen LogP contribution is 2.26. The van der Waals surface area contributed by atoms with Crippen LogP contribution in [0.5, 0.6) is 0 Å². The first-order chi connectivity index (χ1) is 5.11. The van der Waals surface area contributed by atoms with E-state index in [9.17, 15) is 0 Å². The lowest BCUT2D eigenvalue weighted by atomic mass is 9.86. The van der Waals surface area contributed by atoms with E-state index in [1.165, 1.54) is 5.57 Å². The topological polar surface area (TPSA) is 0 Å². The van der Waals surface area contributed by atoms with Crippen molar-refractivity contribution in [2.45, 2.75) is 20.8 Å². The van der Waals surface area contributed by atoms with Gasteiger partial charge in [-0.3, -0.25) is 0 Å². The Kier molecular flexibility index (Phi) is 2.16. The van der Waals surface area contributed by atoms with E-state index in [4.69, 9.17) is 0 Å². The van der Waals surface area contributed by atoms with E-state index in [2.05, 4.69) is 38.7 Å². The van der Waals surface area contributed by atoms with E-state index < -0.39 is 0 Å². The highest BCUT2D eigenvalue weighted by Gasteiger charge is 2.13. The zero-order valence-corrected chi connectivity index (χ0v) is 7.39. The van der Waals surface area contributed by atoms with Crippen LogP contribution in [-0.2, 0) is 0 Å². The molecule has 1 aliphatic rings. The normalized spacial score (nSPS) is 16.5. The fourth-order valence-corrected chi connectivity index (χ4v) is 0.923. The lowest BCUT2D eigenvalue weighted by Crippen LogP contribution is -2.06. The quantitative estimate of drug-likeness (QED) is 0.460. The first-order valence-electron chi connectivity index (χ1n) is 3.90. The molecule has 1 rings (SSSR count). The van der Waals surface area contributed by atoms with Gasteiger partial charge in [-0.05, 0) is 23.1 Å². The van der Waals surface area contributed by atoms with Gasteiger partial charge in [0, 0.05) is 0 Å². The van der Waals surface area contributed by atoms with Crippen molar-refractivity contribution in [3.63, 3.8) is 0 Å². The highest BCUT2D eigenvalue weighted by molar-refractivity contribution is 5.32. The molecule has 0 aromatic heterocycles. The maximum atomic E-state index is 3.10. The van der Waals surface area contributed by atoms with Crippen LogP contribution in [0, 0.1) is 5.41 Å². The Hall–Kier alpha value is -1.00. The fourth-order valence-electron chi connectivity index (χ4n) is 0.923. The van der Waals surface area contributed by atoms with Crippen molar-refractivity contribution in [2.75, 3.05) is 0 Å². The molecule has 1 aliphatic carbocycles. The Balaban J connectivity index is 2.97. The zero-order chi connectivity index (χ0) is 8.32. The van der Waals surface area contributed by atoms with E-state index in [-0.39, 0.29) is 5.41 Å². The van der Waals surface area contributed by atoms with Gasteiger partial charge in [-0.15, -0.1) is 5.73 Å². The molecule has 0 saturated heterocycles. The second kappa shape index (κ2) is 2.94. The van der Waals surface area contributed by atoms with Crippen LogP contribution in [-0.4, -0.2) is 0 Å². The second-order valence-corrected chi connectivity index (χ2v) is 3.73. The third-order valence-corrected chi connectivity index (χ3v) is 1.68. The van der Waals surface area contributed by atoms with Gasteiger partial charge in [0.15, 0.2) is 0 Å². The smallest absolute Gasteiger partial charge is 0.0126 e. The largest absolute Gasteiger partial charge is 0.121 e. The van der Waals surface area contributed by atoms with Crippen molar-refractivity contribution >= 4 is 0 Å². The molecule has 0 bridgehead atoms. The third kappa shape index (κ3) is 2.25. The molecular weight excluding hydrogens is 132 g/mol. The van der Waals surface area contributed by atoms with E-state index in [0.29, 0.717) is 0 Å². The Morgan fingerprint density at radius 2 is 1.91 bits per heavy atom. The Bertz CT molecular complexity index is 250. The summed E-state index contributed by atoms with van der Waals surface area (Å²) in [4.78, 5) is 0. The van der Waals surface area contributed by atoms with Crippen LogP contribution in [0.3, 0.4) is 0 Å². The predicted molar refractivity (Wildman–Crippen MR) is 49.3 cm³/mol. The van der Waals surface area contributed by atoms with Crippen molar-refractivity contribution in [1.82, 2.24) is 0 Å². The van der Waals surface area contributed by atoms with Crippen molar-refractivity contribution in [2.24, 2.45) is 5.41 Å². The lowest BCUT2D eigenvalue weighted by molar-refractivity contribution is 0.517. The molecule has 0 radical (unpaired) electrons. The summed E-state index contributed by atoms with van der Waals surface area (Å²) in [5.41, 5.74) is 4.65. The Morgan fingerprint density at radius 1 is 1.18 bits per heavy atom. The van der Waals surface area contributed by atoms with Crippen LogP contribution in [0.25, 0.3) is 0 Å². The third-order valence-electron chi connectivity index (χ3n) is 1.68. The van der Waals surface area contributed by atoms with Gasteiger partial charge >= 0.3 is 0 Å². The fraction of sp³-hybridized carbons (Fsp3) is 0.364. The molecule has 0 aliphatic heterocycles. The first-order valence-corrected chi connectivity index (χ1v) is 3.90. The molecule has 0 heterocycles. The van der Waals surface area contributed by atoms with E-state index in [1.54, 1.807) is 0 Å². The number of allylic oxidation sites excluding steroid dienone is 5. The monoisotopic (exact) mass is 146 g/mol. The SMILES string of the molecule is CC(C)(C)C1=CC=CC=C=C1. The molecule has 0 heteroatoms. The molecule has 0 amide bonds. The van der Waals surface area contributed by atoms with E-state index >= 15 is 0 Å². The molecule has 0 atom stereocenters. The average Bonchev–Trinajstić information content (AvgIpc) is 2.10. The summed E-state index contributed by atoms with van der Waals surface area (Å²) in [6.07, 6.45) is 10.2. The van der Waals surface area contributed by atoms with Gasteiger partial charge in [-0.25, -0.2) is 0 Å². The minimum Gasteiger partial charge on any atom is -0.121 e. The van der Waals surface area contributed by atoms with Crippen LogP contribution < -0.4 is 0 Å². The average molecular weight is 146 g/mol. The maximum Gasteiger partial charge on any atom is -0.0126 e. The van der Waals surface area contributed by atoms with Crippen molar-refractivity contribution in [3.8, 4) is 0 Å². The van der Waals surface area contributed by atoms with Gasteiger partial charge in [-0.1, -0.05) is 39.0 Å². The van der Waals surface area contributed by atoms with E-state index in [1.807, 2.05) is 18.2 Å². The summed E-state index contributed by atoms with van der Waals surface area (Å²) in [5, 5.41) is 0. The van der Waals surface area contributed by atoms with Gasteiger partial charge in [0.25, 0.3) is 0 Å². The summed E-state index contributed by atoms with van der Waals surface area (Å²) in [5.74, 6) is 0. The van der Waals surface area contributed by atoms with Gasteiger partial charge in [0.1, 0.15) is 0 Å². The molecule has 0 N–H and O–H groups in total. The summed E-state index contributed by atoms with van der Waals surface area (Å²) in [6, 6.07) is 0. The summed E-state index contributed by atoms with van der Waals surface area (Å²) in [7, 11) is 0. The summed E-state index contributed by atoms with van der Waals surface area (Å²) in [6.45, 7) is 6.61. The molecule has 0 unspecified atom stereocenters. The van der Waals surface area contributed by atoms with Gasteiger partial charge in [0.05, 0.1) is 0 Å². The molecule has 0 nitrogen and oxygen atoms in total. The van der Waals surface area contributed by atoms with Crippen LogP contribution in [0.15, 0.2) is 41.7 Å².